The molecule has 36 heavy (non-hydrogen) atoms. The summed E-state index contributed by atoms with van der Waals surface area (Å²) < 4.78 is 5.44. The van der Waals surface area contributed by atoms with Crippen molar-refractivity contribution in [2.24, 2.45) is 0 Å². The Balaban J connectivity index is 1.73. The molecule has 0 saturated carbocycles. The Kier molecular flexibility index (Phi) is 9.07. The van der Waals surface area contributed by atoms with Gasteiger partial charge in [-0.1, -0.05) is 115 Å². The summed E-state index contributed by atoms with van der Waals surface area (Å²) in [5.74, 6) is -0.172. The lowest BCUT2D eigenvalue weighted by atomic mass is 9.94. The van der Waals surface area contributed by atoms with Gasteiger partial charge in [0.15, 0.2) is 0 Å². The number of rotatable bonds is 11. The van der Waals surface area contributed by atoms with Gasteiger partial charge in [0.2, 0.25) is 0 Å². The molecule has 3 nitrogen and oxygen atoms in total. The van der Waals surface area contributed by atoms with E-state index in [0.717, 1.165) is 18.5 Å². The molecule has 4 aromatic carbocycles. The molecule has 0 fully saturated rings. The minimum atomic E-state index is -0.172. The fraction of sp³-hybridized carbons (Fsp3) is 0.242. The first-order valence-electron chi connectivity index (χ1n) is 12.8. The van der Waals surface area contributed by atoms with Crippen molar-refractivity contribution in [1.82, 2.24) is 4.90 Å². The van der Waals surface area contributed by atoms with E-state index in [2.05, 4.69) is 109 Å². The van der Waals surface area contributed by atoms with Gasteiger partial charge in [0.1, 0.15) is 0 Å². The summed E-state index contributed by atoms with van der Waals surface area (Å²) in [7, 11) is 0. The molecule has 184 valence electrons. The van der Waals surface area contributed by atoms with Crippen LogP contribution in [0.4, 0.5) is 0 Å². The van der Waals surface area contributed by atoms with Crippen molar-refractivity contribution in [1.29, 1.82) is 0 Å². The lowest BCUT2D eigenvalue weighted by Crippen LogP contribution is -2.33. The maximum absolute atomic E-state index is 12.9. The summed E-state index contributed by atoms with van der Waals surface area (Å²) in [5.41, 5.74) is 6.09. The van der Waals surface area contributed by atoms with E-state index in [4.69, 9.17) is 4.74 Å². The molecule has 0 amide bonds. The van der Waals surface area contributed by atoms with Crippen LogP contribution in [0.5, 0.6) is 0 Å². The Hall–Kier alpha value is -3.69. The molecule has 0 aliphatic heterocycles. The van der Waals surface area contributed by atoms with Crippen molar-refractivity contribution in [3.05, 3.63) is 143 Å². The van der Waals surface area contributed by atoms with Crippen LogP contribution in [-0.2, 0) is 22.5 Å². The molecule has 2 atom stereocenters. The van der Waals surface area contributed by atoms with Gasteiger partial charge in [-0.2, -0.15) is 0 Å². The van der Waals surface area contributed by atoms with E-state index in [1.807, 2.05) is 25.1 Å². The van der Waals surface area contributed by atoms with E-state index in [9.17, 15) is 4.79 Å². The van der Waals surface area contributed by atoms with Crippen LogP contribution < -0.4 is 0 Å². The molecule has 0 aliphatic carbocycles. The summed E-state index contributed by atoms with van der Waals surface area (Å²) in [6.07, 6.45) is 1.15. The van der Waals surface area contributed by atoms with Crippen molar-refractivity contribution in [2.75, 3.05) is 6.61 Å². The number of nitrogens with zero attached hydrogens (tertiary/aromatic N) is 1. The predicted octanol–water partition coefficient (Wildman–Crippen LogP) is 7.54. The zero-order valence-corrected chi connectivity index (χ0v) is 21.2. The Morgan fingerprint density at radius 1 is 0.722 bits per heavy atom. The Morgan fingerprint density at radius 2 is 1.28 bits per heavy atom. The SMILES string of the molecule is CCOC(=O)C[C@@H](c1cccc(Cc2ccccc2)c1)N(Cc1ccccc1)[C@H](C)c1ccccc1. The number of benzene rings is 4. The number of carbonyl (C=O) groups excluding carboxylic acids is 1. The quantitative estimate of drug-likeness (QED) is 0.209. The van der Waals surface area contributed by atoms with Crippen molar-refractivity contribution in [2.45, 2.75) is 45.3 Å². The monoisotopic (exact) mass is 477 g/mol. The molecule has 0 N–H and O–H groups in total. The van der Waals surface area contributed by atoms with Crippen LogP contribution in [0.1, 0.15) is 60.2 Å². The highest BCUT2D eigenvalue weighted by atomic mass is 16.5. The first kappa shape index (κ1) is 25.4. The van der Waals surface area contributed by atoms with E-state index < -0.39 is 0 Å². The summed E-state index contributed by atoms with van der Waals surface area (Å²) in [6.45, 7) is 5.20. The molecule has 3 heteroatoms. The van der Waals surface area contributed by atoms with E-state index in [-0.39, 0.29) is 18.1 Å². The van der Waals surface area contributed by atoms with Crippen molar-refractivity contribution in [3.63, 3.8) is 0 Å². The predicted molar refractivity (Wildman–Crippen MR) is 147 cm³/mol. The Bertz CT molecular complexity index is 1210. The van der Waals surface area contributed by atoms with Crippen LogP contribution in [0.25, 0.3) is 0 Å². The molecule has 0 bridgehead atoms. The second kappa shape index (κ2) is 12.9. The zero-order chi connectivity index (χ0) is 25.2. The molecule has 0 unspecified atom stereocenters. The van der Waals surface area contributed by atoms with Gasteiger partial charge < -0.3 is 4.74 Å². The van der Waals surface area contributed by atoms with Gasteiger partial charge in [0, 0.05) is 18.6 Å². The molecular formula is C33H35NO2. The fourth-order valence-corrected chi connectivity index (χ4v) is 4.78. The van der Waals surface area contributed by atoms with Crippen LogP contribution in [0.15, 0.2) is 115 Å². The second-order valence-corrected chi connectivity index (χ2v) is 9.18. The van der Waals surface area contributed by atoms with Gasteiger partial charge in [-0.15, -0.1) is 0 Å². The molecule has 4 aromatic rings. The van der Waals surface area contributed by atoms with Crippen LogP contribution in [-0.4, -0.2) is 17.5 Å². The lowest BCUT2D eigenvalue weighted by molar-refractivity contribution is -0.145. The minimum absolute atomic E-state index is 0.101. The fourth-order valence-electron chi connectivity index (χ4n) is 4.78. The minimum Gasteiger partial charge on any atom is -0.466 e. The van der Waals surface area contributed by atoms with Crippen LogP contribution >= 0.6 is 0 Å². The van der Waals surface area contributed by atoms with Gasteiger partial charge in [-0.25, -0.2) is 0 Å². The maximum Gasteiger partial charge on any atom is 0.307 e. The normalized spacial score (nSPS) is 12.8. The number of hydrogen-bond donors (Lipinski definition) is 0. The third-order valence-corrected chi connectivity index (χ3v) is 6.64. The van der Waals surface area contributed by atoms with Gasteiger partial charge in [-0.05, 0) is 48.1 Å². The Morgan fingerprint density at radius 3 is 1.92 bits per heavy atom. The van der Waals surface area contributed by atoms with Gasteiger partial charge in [0.25, 0.3) is 0 Å². The summed E-state index contributed by atoms with van der Waals surface area (Å²) >= 11 is 0. The number of esters is 1. The number of ether oxygens (including phenoxy) is 1. The van der Waals surface area contributed by atoms with Gasteiger partial charge >= 0.3 is 5.97 Å². The first-order valence-corrected chi connectivity index (χ1v) is 12.8. The molecule has 0 aromatic heterocycles. The van der Waals surface area contributed by atoms with E-state index in [1.54, 1.807) is 0 Å². The highest BCUT2D eigenvalue weighted by molar-refractivity contribution is 5.70. The molecule has 0 aliphatic rings. The summed E-state index contributed by atoms with van der Waals surface area (Å²) in [6, 6.07) is 40.2. The maximum atomic E-state index is 12.9. The van der Waals surface area contributed by atoms with Crippen molar-refractivity contribution >= 4 is 5.97 Å². The highest BCUT2D eigenvalue weighted by Gasteiger charge is 2.29. The summed E-state index contributed by atoms with van der Waals surface area (Å²) in [4.78, 5) is 15.3. The molecule has 0 heterocycles. The smallest absolute Gasteiger partial charge is 0.307 e. The van der Waals surface area contributed by atoms with E-state index >= 15 is 0 Å². The molecule has 0 radical (unpaired) electrons. The van der Waals surface area contributed by atoms with Gasteiger partial charge in [0.05, 0.1) is 13.0 Å². The van der Waals surface area contributed by atoms with Crippen LogP contribution in [0.3, 0.4) is 0 Å². The first-order chi connectivity index (χ1) is 17.6. The van der Waals surface area contributed by atoms with Crippen molar-refractivity contribution in [3.8, 4) is 0 Å². The van der Waals surface area contributed by atoms with Crippen LogP contribution in [0.2, 0.25) is 0 Å². The number of hydrogen-bond acceptors (Lipinski definition) is 3. The standard InChI is InChI=1S/C33H35NO2/c1-3-36-33(35)24-32(31-21-13-18-29(23-31)22-27-14-7-4-8-15-27)34(25-28-16-9-5-10-17-28)26(2)30-19-11-6-12-20-30/h4-21,23,26,32H,3,22,24-25H2,1-2H3/t26-,32+/m1/s1. The molecule has 0 spiro atoms. The average Bonchev–Trinajstić information content (AvgIpc) is 2.92. The third kappa shape index (κ3) is 6.93. The largest absolute Gasteiger partial charge is 0.466 e. The lowest BCUT2D eigenvalue weighted by Gasteiger charge is -2.37. The van der Waals surface area contributed by atoms with E-state index in [1.165, 1.54) is 22.3 Å². The van der Waals surface area contributed by atoms with Crippen molar-refractivity contribution < 1.29 is 9.53 Å². The topological polar surface area (TPSA) is 29.5 Å². The third-order valence-electron chi connectivity index (χ3n) is 6.64. The highest BCUT2D eigenvalue weighted by Crippen LogP contribution is 2.35. The molecular weight excluding hydrogens is 442 g/mol. The zero-order valence-electron chi connectivity index (χ0n) is 21.2. The van der Waals surface area contributed by atoms with Crippen LogP contribution in [0, 0.1) is 0 Å². The molecule has 0 saturated heterocycles. The summed E-state index contributed by atoms with van der Waals surface area (Å²) in [5, 5.41) is 0. The van der Waals surface area contributed by atoms with E-state index in [0.29, 0.717) is 13.0 Å². The average molecular weight is 478 g/mol. The molecule has 4 rings (SSSR count). The second-order valence-electron chi connectivity index (χ2n) is 9.18. The Labute approximate surface area is 215 Å². The number of carbonyl (C=O) groups is 1. The van der Waals surface area contributed by atoms with Gasteiger partial charge in [-0.3, -0.25) is 9.69 Å².